The molecule has 1 N–H and O–H groups in total. The van der Waals surface area contributed by atoms with Gasteiger partial charge in [0.2, 0.25) is 0 Å². The van der Waals surface area contributed by atoms with E-state index in [1.54, 1.807) is 0 Å². The molecule has 0 amide bonds. The van der Waals surface area contributed by atoms with Crippen LogP contribution in [0.1, 0.15) is 46.0 Å². The molecule has 2 fully saturated rings. The van der Waals surface area contributed by atoms with Gasteiger partial charge in [0.25, 0.3) is 0 Å². The number of aliphatic hydroxyl groups is 1. The molecule has 0 radical (unpaired) electrons. The van der Waals surface area contributed by atoms with Gasteiger partial charge in [-0.25, -0.2) is 0 Å². The minimum absolute atomic E-state index is 0.521. The minimum Gasteiger partial charge on any atom is -0.389 e. The summed E-state index contributed by atoms with van der Waals surface area (Å²) in [6, 6.07) is 0.787. The lowest BCUT2D eigenvalue weighted by Crippen LogP contribution is -2.43. The van der Waals surface area contributed by atoms with E-state index in [9.17, 15) is 5.11 Å². The van der Waals surface area contributed by atoms with Gasteiger partial charge in [0, 0.05) is 12.6 Å². The first-order valence-electron chi connectivity index (χ1n) is 6.03. The predicted octanol–water partition coefficient (Wildman–Crippen LogP) is 2.02. The Kier molecular flexibility index (Phi) is 2.85. The van der Waals surface area contributed by atoms with Crippen molar-refractivity contribution in [2.24, 2.45) is 5.92 Å². The quantitative estimate of drug-likeness (QED) is 0.732. The van der Waals surface area contributed by atoms with E-state index in [2.05, 4.69) is 4.90 Å². The maximum atomic E-state index is 9.83. The van der Waals surface area contributed by atoms with Gasteiger partial charge in [0.15, 0.2) is 0 Å². The number of hydrogen-bond donors (Lipinski definition) is 1. The summed E-state index contributed by atoms with van der Waals surface area (Å²) in [5.74, 6) is 0.936. The monoisotopic (exact) mass is 197 g/mol. The third-order valence-electron chi connectivity index (χ3n) is 3.72. The second-order valence-corrected chi connectivity index (χ2v) is 5.68. The SMILES string of the molecule is CC(C)(O)CN1CCC2CCCCC21. The molecule has 0 aromatic carbocycles. The molecule has 2 atom stereocenters. The van der Waals surface area contributed by atoms with Crippen molar-refractivity contribution in [2.75, 3.05) is 13.1 Å². The molecule has 14 heavy (non-hydrogen) atoms. The Labute approximate surface area is 87.3 Å². The van der Waals surface area contributed by atoms with E-state index in [-0.39, 0.29) is 0 Å². The molecule has 1 saturated carbocycles. The van der Waals surface area contributed by atoms with Crippen molar-refractivity contribution >= 4 is 0 Å². The number of nitrogens with zero attached hydrogens (tertiary/aromatic N) is 1. The van der Waals surface area contributed by atoms with E-state index in [0.717, 1.165) is 18.5 Å². The maximum absolute atomic E-state index is 9.83. The van der Waals surface area contributed by atoms with Crippen LogP contribution in [0.3, 0.4) is 0 Å². The molecule has 1 aliphatic carbocycles. The van der Waals surface area contributed by atoms with Gasteiger partial charge in [-0.05, 0) is 45.6 Å². The number of fused-ring (bicyclic) bond motifs is 1. The molecular weight excluding hydrogens is 174 g/mol. The van der Waals surface area contributed by atoms with E-state index in [0.29, 0.717) is 0 Å². The second-order valence-electron chi connectivity index (χ2n) is 5.68. The van der Waals surface area contributed by atoms with Crippen LogP contribution >= 0.6 is 0 Å². The van der Waals surface area contributed by atoms with Gasteiger partial charge in [-0.2, -0.15) is 0 Å². The Bertz CT molecular complexity index is 197. The first-order valence-corrected chi connectivity index (χ1v) is 6.03. The van der Waals surface area contributed by atoms with Crippen molar-refractivity contribution in [1.29, 1.82) is 0 Å². The predicted molar refractivity (Wildman–Crippen MR) is 58.2 cm³/mol. The highest BCUT2D eigenvalue weighted by Gasteiger charge is 2.37. The Hall–Kier alpha value is -0.0800. The van der Waals surface area contributed by atoms with Crippen LogP contribution in [0.4, 0.5) is 0 Å². The molecule has 2 aliphatic rings. The van der Waals surface area contributed by atoms with Gasteiger partial charge in [0.05, 0.1) is 5.60 Å². The third-order valence-corrected chi connectivity index (χ3v) is 3.72. The molecule has 2 heteroatoms. The van der Waals surface area contributed by atoms with Crippen LogP contribution in [0, 0.1) is 5.92 Å². The van der Waals surface area contributed by atoms with Crippen LogP contribution in [0.15, 0.2) is 0 Å². The Morgan fingerprint density at radius 2 is 1.93 bits per heavy atom. The van der Waals surface area contributed by atoms with E-state index in [1.807, 2.05) is 13.8 Å². The first-order chi connectivity index (χ1) is 6.56. The van der Waals surface area contributed by atoms with Crippen molar-refractivity contribution in [3.63, 3.8) is 0 Å². The molecule has 0 aromatic rings. The summed E-state index contributed by atoms with van der Waals surface area (Å²) in [7, 11) is 0. The standard InChI is InChI=1S/C12H23NO/c1-12(2,14)9-13-8-7-10-5-3-4-6-11(10)13/h10-11,14H,3-9H2,1-2H3. The fraction of sp³-hybridized carbons (Fsp3) is 1.00. The molecule has 2 unspecified atom stereocenters. The summed E-state index contributed by atoms with van der Waals surface area (Å²) in [6.07, 6.45) is 6.97. The highest BCUT2D eigenvalue weighted by molar-refractivity contribution is 4.91. The molecule has 82 valence electrons. The minimum atomic E-state index is -0.521. The topological polar surface area (TPSA) is 23.5 Å². The fourth-order valence-corrected chi connectivity index (χ4v) is 3.20. The van der Waals surface area contributed by atoms with Crippen molar-refractivity contribution in [3.05, 3.63) is 0 Å². The molecule has 2 rings (SSSR count). The van der Waals surface area contributed by atoms with Crippen LogP contribution < -0.4 is 0 Å². The zero-order chi connectivity index (χ0) is 10.2. The Balaban J connectivity index is 1.94. The molecule has 0 aromatic heterocycles. The zero-order valence-corrected chi connectivity index (χ0v) is 9.50. The van der Waals surface area contributed by atoms with E-state index in [1.165, 1.54) is 38.6 Å². The molecule has 1 saturated heterocycles. The summed E-state index contributed by atoms with van der Waals surface area (Å²) >= 11 is 0. The lowest BCUT2D eigenvalue weighted by atomic mass is 9.85. The van der Waals surface area contributed by atoms with Crippen LogP contribution in [-0.4, -0.2) is 34.7 Å². The highest BCUT2D eigenvalue weighted by atomic mass is 16.3. The summed E-state index contributed by atoms with van der Waals surface area (Å²) in [4.78, 5) is 2.52. The van der Waals surface area contributed by atoms with Crippen LogP contribution in [0.25, 0.3) is 0 Å². The van der Waals surface area contributed by atoms with Gasteiger partial charge in [-0.15, -0.1) is 0 Å². The molecule has 1 heterocycles. The maximum Gasteiger partial charge on any atom is 0.0718 e. The van der Waals surface area contributed by atoms with E-state index < -0.39 is 5.60 Å². The van der Waals surface area contributed by atoms with Crippen molar-refractivity contribution in [1.82, 2.24) is 4.90 Å². The zero-order valence-electron chi connectivity index (χ0n) is 9.50. The van der Waals surface area contributed by atoms with E-state index in [4.69, 9.17) is 0 Å². The largest absolute Gasteiger partial charge is 0.389 e. The molecule has 1 aliphatic heterocycles. The number of rotatable bonds is 2. The van der Waals surface area contributed by atoms with Crippen molar-refractivity contribution < 1.29 is 5.11 Å². The second kappa shape index (κ2) is 3.82. The van der Waals surface area contributed by atoms with Gasteiger partial charge < -0.3 is 5.11 Å². The lowest BCUT2D eigenvalue weighted by Gasteiger charge is -2.34. The van der Waals surface area contributed by atoms with Crippen molar-refractivity contribution in [2.45, 2.75) is 57.6 Å². The smallest absolute Gasteiger partial charge is 0.0718 e. The average Bonchev–Trinajstić information content (AvgIpc) is 2.47. The Morgan fingerprint density at radius 1 is 1.21 bits per heavy atom. The molecule has 0 bridgehead atoms. The molecule has 0 spiro atoms. The Morgan fingerprint density at radius 3 is 2.64 bits per heavy atom. The summed E-state index contributed by atoms with van der Waals surface area (Å²) in [5, 5.41) is 9.83. The highest BCUT2D eigenvalue weighted by Crippen LogP contribution is 2.36. The number of hydrogen-bond acceptors (Lipinski definition) is 2. The van der Waals surface area contributed by atoms with Gasteiger partial charge >= 0.3 is 0 Å². The first kappa shape index (κ1) is 10.4. The fourth-order valence-electron chi connectivity index (χ4n) is 3.20. The van der Waals surface area contributed by atoms with Gasteiger partial charge in [-0.1, -0.05) is 12.8 Å². The van der Waals surface area contributed by atoms with Crippen molar-refractivity contribution in [3.8, 4) is 0 Å². The van der Waals surface area contributed by atoms with Gasteiger partial charge in [-0.3, -0.25) is 4.90 Å². The van der Waals surface area contributed by atoms with E-state index >= 15 is 0 Å². The third kappa shape index (κ3) is 2.29. The average molecular weight is 197 g/mol. The van der Waals surface area contributed by atoms with Crippen LogP contribution in [0.2, 0.25) is 0 Å². The summed E-state index contributed by atoms with van der Waals surface area (Å²) in [5.41, 5.74) is -0.521. The number of β-amino-alcohol motifs (C(OH)–C–C–N with tert-alkyl or cyclic N) is 1. The van der Waals surface area contributed by atoms with Gasteiger partial charge in [0.1, 0.15) is 0 Å². The molecular formula is C12H23NO. The van der Waals surface area contributed by atoms with Crippen LogP contribution in [0.5, 0.6) is 0 Å². The van der Waals surface area contributed by atoms with Crippen LogP contribution in [-0.2, 0) is 0 Å². The normalized spacial score (nSPS) is 34.5. The lowest BCUT2D eigenvalue weighted by molar-refractivity contribution is 0.0242. The molecule has 2 nitrogen and oxygen atoms in total. The summed E-state index contributed by atoms with van der Waals surface area (Å²) in [6.45, 7) is 5.90. The summed E-state index contributed by atoms with van der Waals surface area (Å²) < 4.78 is 0. The number of likely N-dealkylation sites (tertiary alicyclic amines) is 1.